The monoisotopic (exact) mass is 452 g/mol. The molecule has 0 radical (unpaired) electrons. The first-order chi connectivity index (χ1) is 13.1. The van der Waals surface area contributed by atoms with Gasteiger partial charge in [-0.2, -0.15) is 0 Å². The maximum absolute atomic E-state index is 11.2. The molecule has 156 valence electrons. The number of carbonyl (C=O) groups is 1. The van der Waals surface area contributed by atoms with E-state index in [1.807, 2.05) is 37.2 Å². The lowest BCUT2D eigenvalue weighted by Crippen LogP contribution is -2.34. The molecule has 7 nitrogen and oxygen atoms in total. The molecule has 4 N–H and O–H groups in total. The van der Waals surface area contributed by atoms with E-state index in [1.165, 1.54) is 5.01 Å². The number of halogens is 1. The summed E-state index contributed by atoms with van der Waals surface area (Å²) >= 11 is 3.51. The number of nitrogens with zero attached hydrogens (tertiary/aromatic N) is 4. The normalized spacial score (nSPS) is 12.7. The third-order valence-corrected chi connectivity index (χ3v) is 4.99. The highest BCUT2D eigenvalue weighted by Crippen LogP contribution is 2.21. The van der Waals surface area contributed by atoms with Gasteiger partial charge in [0.25, 0.3) is 0 Å². The zero-order valence-electron chi connectivity index (χ0n) is 17.7. The van der Waals surface area contributed by atoms with E-state index < -0.39 is 0 Å². The van der Waals surface area contributed by atoms with Crippen LogP contribution in [0.3, 0.4) is 0 Å². The predicted molar refractivity (Wildman–Crippen MR) is 118 cm³/mol. The van der Waals surface area contributed by atoms with Crippen LogP contribution in [-0.2, 0) is 11.2 Å². The summed E-state index contributed by atoms with van der Waals surface area (Å²) in [6, 6.07) is 3.83. The van der Waals surface area contributed by atoms with E-state index in [2.05, 4.69) is 34.8 Å². The molecule has 28 heavy (non-hydrogen) atoms. The molecular weight excluding hydrogens is 420 g/mol. The first-order valence-corrected chi connectivity index (χ1v) is 10.1. The van der Waals surface area contributed by atoms with E-state index in [-0.39, 0.29) is 0 Å². The van der Waals surface area contributed by atoms with Crippen LogP contribution in [0.25, 0.3) is 5.70 Å². The molecule has 1 rings (SSSR count). The van der Waals surface area contributed by atoms with Gasteiger partial charge in [0.1, 0.15) is 0 Å². The van der Waals surface area contributed by atoms with E-state index in [9.17, 15) is 4.79 Å². The van der Waals surface area contributed by atoms with Crippen molar-refractivity contribution in [2.75, 3.05) is 27.7 Å². The van der Waals surface area contributed by atoms with Crippen LogP contribution in [0.15, 0.2) is 34.2 Å². The number of hydrogen-bond donors (Lipinski definition) is 2. The molecule has 0 saturated carbocycles. The molecule has 1 aromatic rings. The smallest absolute Gasteiger partial charge is 0.213 e. The summed E-state index contributed by atoms with van der Waals surface area (Å²) in [6.07, 6.45) is 4.37. The first kappa shape index (κ1) is 24.0. The Hall–Kier alpha value is -2.06. The predicted octanol–water partition coefficient (Wildman–Crippen LogP) is 2.75. The van der Waals surface area contributed by atoms with Gasteiger partial charge in [-0.25, -0.2) is 5.84 Å². The van der Waals surface area contributed by atoms with Crippen molar-refractivity contribution in [2.24, 2.45) is 17.5 Å². The second-order valence-corrected chi connectivity index (χ2v) is 8.15. The molecule has 0 bridgehead atoms. The molecule has 0 saturated heterocycles. The van der Waals surface area contributed by atoms with Crippen molar-refractivity contribution >= 4 is 28.0 Å². The topological polar surface area (TPSA) is 91.7 Å². The van der Waals surface area contributed by atoms with Crippen molar-refractivity contribution in [3.8, 4) is 0 Å². The van der Waals surface area contributed by atoms with E-state index in [4.69, 9.17) is 11.6 Å². The Bertz CT molecular complexity index is 729. The maximum atomic E-state index is 11.2. The van der Waals surface area contributed by atoms with E-state index in [1.54, 1.807) is 19.0 Å². The van der Waals surface area contributed by atoms with Crippen LogP contribution < -0.4 is 11.6 Å². The first-order valence-electron chi connectivity index (χ1n) is 9.32. The third-order valence-electron chi connectivity index (χ3n) is 4.26. The fraction of sp³-hybridized carbons (Fsp3) is 0.500. The van der Waals surface area contributed by atoms with Crippen molar-refractivity contribution in [1.82, 2.24) is 19.8 Å². The summed E-state index contributed by atoms with van der Waals surface area (Å²) in [4.78, 5) is 19.4. The summed E-state index contributed by atoms with van der Waals surface area (Å²) < 4.78 is 0.962. The highest BCUT2D eigenvalue weighted by atomic mass is 79.9. The SMILES string of the molecule is CCc1nc(/C(N)=C(\CN(C)/C=C(/CC(C)C)N(C)C=O)N(C)N)ccc1Br. The molecule has 0 atom stereocenters. The Kier molecular flexibility index (Phi) is 9.48. The number of hydrazine groups is 1. The molecule has 1 aromatic heterocycles. The van der Waals surface area contributed by atoms with E-state index in [0.717, 1.165) is 40.8 Å². The van der Waals surface area contributed by atoms with Crippen molar-refractivity contribution in [3.63, 3.8) is 0 Å². The van der Waals surface area contributed by atoms with Gasteiger partial charge >= 0.3 is 0 Å². The summed E-state index contributed by atoms with van der Waals surface area (Å²) in [5.41, 5.74) is 10.3. The van der Waals surface area contributed by atoms with E-state index in [0.29, 0.717) is 23.9 Å². The molecule has 0 unspecified atom stereocenters. The average Bonchev–Trinajstić information content (AvgIpc) is 2.64. The lowest BCUT2D eigenvalue weighted by Gasteiger charge is -2.26. The number of carbonyl (C=O) groups excluding carboxylic acids is 1. The maximum Gasteiger partial charge on any atom is 0.213 e. The van der Waals surface area contributed by atoms with Gasteiger partial charge in [-0.3, -0.25) is 9.78 Å². The molecule has 0 aliphatic carbocycles. The number of pyridine rings is 1. The Labute approximate surface area is 177 Å². The summed E-state index contributed by atoms with van der Waals surface area (Å²) in [7, 11) is 5.45. The summed E-state index contributed by atoms with van der Waals surface area (Å²) in [6.45, 7) is 6.76. The fourth-order valence-electron chi connectivity index (χ4n) is 2.73. The number of hydrogen-bond acceptors (Lipinski definition) is 6. The molecule has 1 heterocycles. The number of nitrogens with two attached hydrogens (primary N) is 2. The summed E-state index contributed by atoms with van der Waals surface area (Å²) in [5, 5.41) is 1.51. The Morgan fingerprint density at radius 2 is 1.93 bits per heavy atom. The van der Waals surface area contributed by atoms with Crippen molar-refractivity contribution < 1.29 is 4.79 Å². The van der Waals surface area contributed by atoms with Gasteiger partial charge in [0.15, 0.2) is 0 Å². The highest BCUT2D eigenvalue weighted by molar-refractivity contribution is 9.10. The molecule has 0 spiro atoms. The molecule has 8 heteroatoms. The van der Waals surface area contributed by atoms with Crippen molar-refractivity contribution in [3.05, 3.63) is 45.6 Å². The van der Waals surface area contributed by atoms with Gasteiger partial charge in [-0.1, -0.05) is 20.8 Å². The van der Waals surface area contributed by atoms with E-state index >= 15 is 0 Å². The molecule has 0 aliphatic rings. The van der Waals surface area contributed by atoms with Crippen LogP contribution in [0.4, 0.5) is 0 Å². The van der Waals surface area contributed by atoms with Crippen LogP contribution >= 0.6 is 15.9 Å². The minimum absolute atomic E-state index is 0.429. The van der Waals surface area contributed by atoms with Crippen LogP contribution in [-0.4, -0.2) is 53.9 Å². The number of rotatable bonds is 10. The average molecular weight is 453 g/mol. The zero-order chi connectivity index (χ0) is 21.4. The van der Waals surface area contributed by atoms with Gasteiger partial charge < -0.3 is 20.5 Å². The molecule has 0 fully saturated rings. The Balaban J connectivity index is 3.22. The molecule has 0 aliphatic heterocycles. The van der Waals surface area contributed by atoms with Crippen LogP contribution in [0.5, 0.6) is 0 Å². The minimum atomic E-state index is 0.429. The number of aryl methyl sites for hydroxylation is 1. The number of aromatic nitrogens is 1. The quantitative estimate of drug-likeness (QED) is 0.322. The molecule has 0 aromatic carbocycles. The highest BCUT2D eigenvalue weighted by Gasteiger charge is 2.14. The fourth-order valence-corrected chi connectivity index (χ4v) is 3.23. The largest absolute Gasteiger partial charge is 0.395 e. The van der Waals surface area contributed by atoms with Crippen LogP contribution in [0.2, 0.25) is 0 Å². The second-order valence-electron chi connectivity index (χ2n) is 7.30. The third kappa shape index (κ3) is 6.83. The van der Waals surface area contributed by atoms with Crippen molar-refractivity contribution in [2.45, 2.75) is 33.6 Å². The van der Waals surface area contributed by atoms with Gasteiger partial charge in [-0.05, 0) is 46.8 Å². The lowest BCUT2D eigenvalue weighted by molar-refractivity contribution is -0.115. The van der Waals surface area contributed by atoms with Gasteiger partial charge in [0.2, 0.25) is 6.41 Å². The van der Waals surface area contributed by atoms with Crippen LogP contribution in [0, 0.1) is 5.92 Å². The van der Waals surface area contributed by atoms with Gasteiger partial charge in [0, 0.05) is 37.5 Å². The molecular formula is C20H33BrN6O. The molecule has 1 amide bonds. The number of likely N-dealkylation sites (N-methyl/N-ethyl adjacent to an activating group) is 2. The lowest BCUT2D eigenvalue weighted by atomic mass is 10.1. The minimum Gasteiger partial charge on any atom is -0.395 e. The summed E-state index contributed by atoms with van der Waals surface area (Å²) in [5.74, 6) is 6.50. The van der Waals surface area contributed by atoms with Crippen molar-refractivity contribution in [1.29, 1.82) is 0 Å². The van der Waals surface area contributed by atoms with Gasteiger partial charge in [-0.15, -0.1) is 0 Å². The standard InChI is InChI=1S/C20H33BrN6O/c1-7-17-16(21)8-9-18(24-17)20(22)19(27(6)23)12-25(4)11-15(10-14(2)3)26(5)13-28/h8-9,11,13-14H,7,10,12,22-23H2,1-6H3/b15-11-,20-19-. The number of allylic oxidation sites excluding steroid dienone is 1. The Morgan fingerprint density at radius 1 is 1.29 bits per heavy atom. The Morgan fingerprint density at radius 3 is 2.43 bits per heavy atom. The number of amides is 1. The second kappa shape index (κ2) is 11.1. The van der Waals surface area contributed by atoms with Crippen LogP contribution in [0.1, 0.15) is 38.6 Å². The zero-order valence-corrected chi connectivity index (χ0v) is 19.3. The van der Waals surface area contributed by atoms with Gasteiger partial charge in [0.05, 0.1) is 29.3 Å².